The lowest BCUT2D eigenvalue weighted by Gasteiger charge is -2.38. The van der Waals surface area contributed by atoms with E-state index < -0.39 is 27.0 Å². The standard InChI is InChI=1S/C15H23FN2O2S/c1-11(2)21(19,20)18-14-5-3-4-10-15(14,16)12-6-8-13(17)9-7-12/h6-9,11,14,18H,3-5,10,17H2,1-2H3. The highest BCUT2D eigenvalue weighted by Gasteiger charge is 2.44. The van der Waals surface area contributed by atoms with E-state index in [9.17, 15) is 8.42 Å². The van der Waals surface area contributed by atoms with Crippen LogP contribution in [0.5, 0.6) is 0 Å². The summed E-state index contributed by atoms with van der Waals surface area (Å²) in [5.74, 6) is 0. The van der Waals surface area contributed by atoms with Crippen molar-refractivity contribution in [2.24, 2.45) is 0 Å². The molecule has 2 atom stereocenters. The summed E-state index contributed by atoms with van der Waals surface area (Å²) in [6.45, 7) is 3.18. The van der Waals surface area contributed by atoms with Gasteiger partial charge in [0.15, 0.2) is 5.67 Å². The Bertz CT molecular complexity index is 586. The number of nitrogens with one attached hydrogen (secondary N) is 1. The number of benzene rings is 1. The van der Waals surface area contributed by atoms with Crippen LogP contribution in [-0.4, -0.2) is 19.7 Å². The topological polar surface area (TPSA) is 72.2 Å². The summed E-state index contributed by atoms with van der Waals surface area (Å²) in [5.41, 5.74) is 5.03. The predicted octanol–water partition coefficient (Wildman–Crippen LogP) is 2.70. The second kappa shape index (κ2) is 5.93. The molecular formula is C15H23FN2O2S. The zero-order valence-corrected chi connectivity index (χ0v) is 13.3. The van der Waals surface area contributed by atoms with E-state index in [-0.39, 0.29) is 0 Å². The highest BCUT2D eigenvalue weighted by molar-refractivity contribution is 7.90. The summed E-state index contributed by atoms with van der Waals surface area (Å²) >= 11 is 0. The van der Waals surface area contributed by atoms with Crippen LogP contribution in [0.3, 0.4) is 0 Å². The molecule has 1 fully saturated rings. The van der Waals surface area contributed by atoms with Crippen LogP contribution in [-0.2, 0) is 15.7 Å². The van der Waals surface area contributed by atoms with Gasteiger partial charge in [-0.15, -0.1) is 0 Å². The third-order valence-electron chi connectivity index (χ3n) is 4.15. The maximum atomic E-state index is 15.5. The summed E-state index contributed by atoms with van der Waals surface area (Å²) in [7, 11) is -3.50. The Hall–Kier alpha value is -1.14. The van der Waals surface area contributed by atoms with Crippen molar-refractivity contribution in [1.82, 2.24) is 4.72 Å². The average Bonchev–Trinajstić information content (AvgIpc) is 2.42. The maximum absolute atomic E-state index is 15.5. The van der Waals surface area contributed by atoms with Crippen LogP contribution in [0.2, 0.25) is 0 Å². The van der Waals surface area contributed by atoms with Crippen molar-refractivity contribution >= 4 is 15.7 Å². The van der Waals surface area contributed by atoms with Gasteiger partial charge in [0, 0.05) is 5.69 Å². The van der Waals surface area contributed by atoms with Crippen LogP contribution in [0.4, 0.5) is 10.1 Å². The van der Waals surface area contributed by atoms with Crippen LogP contribution < -0.4 is 10.5 Å². The van der Waals surface area contributed by atoms with Gasteiger partial charge in [0.2, 0.25) is 10.0 Å². The molecule has 0 radical (unpaired) electrons. The molecule has 3 N–H and O–H groups in total. The van der Waals surface area contributed by atoms with Crippen LogP contribution >= 0.6 is 0 Å². The third kappa shape index (κ3) is 3.37. The first-order chi connectivity index (χ1) is 9.75. The molecule has 0 saturated heterocycles. The molecule has 0 heterocycles. The second-order valence-electron chi connectivity index (χ2n) is 5.99. The van der Waals surface area contributed by atoms with Gasteiger partial charge in [0.1, 0.15) is 0 Å². The second-order valence-corrected chi connectivity index (χ2v) is 8.26. The van der Waals surface area contributed by atoms with Crippen LogP contribution in [0, 0.1) is 0 Å². The summed E-state index contributed by atoms with van der Waals surface area (Å²) in [5, 5.41) is -0.574. The van der Waals surface area contributed by atoms with Gasteiger partial charge in [0.25, 0.3) is 0 Å². The predicted molar refractivity (Wildman–Crippen MR) is 83.1 cm³/mol. The molecule has 1 aromatic carbocycles. The molecule has 21 heavy (non-hydrogen) atoms. The van der Waals surface area contributed by atoms with E-state index in [0.29, 0.717) is 24.1 Å². The molecule has 1 saturated carbocycles. The van der Waals surface area contributed by atoms with Crippen LogP contribution in [0.15, 0.2) is 24.3 Å². The molecule has 0 amide bonds. The molecule has 2 rings (SSSR count). The van der Waals surface area contributed by atoms with Gasteiger partial charge in [-0.1, -0.05) is 18.6 Å². The van der Waals surface area contributed by atoms with Crippen molar-refractivity contribution in [3.63, 3.8) is 0 Å². The van der Waals surface area contributed by atoms with E-state index in [0.717, 1.165) is 12.8 Å². The van der Waals surface area contributed by atoms with E-state index in [1.165, 1.54) is 0 Å². The van der Waals surface area contributed by atoms with Gasteiger partial charge < -0.3 is 5.73 Å². The van der Waals surface area contributed by atoms with E-state index >= 15 is 4.39 Å². The molecule has 1 aromatic rings. The highest BCUT2D eigenvalue weighted by atomic mass is 32.2. The Kier molecular flexibility index (Phi) is 4.58. The first kappa shape index (κ1) is 16.2. The lowest BCUT2D eigenvalue weighted by Crippen LogP contribution is -2.51. The number of alkyl halides is 1. The molecule has 6 heteroatoms. The number of rotatable bonds is 4. The zero-order valence-electron chi connectivity index (χ0n) is 12.5. The number of nitrogen functional groups attached to an aromatic ring is 1. The number of sulfonamides is 1. The summed E-state index contributed by atoms with van der Waals surface area (Å²) < 4.78 is 42.2. The van der Waals surface area contributed by atoms with E-state index in [1.807, 2.05) is 0 Å². The van der Waals surface area contributed by atoms with Crippen LogP contribution in [0.1, 0.15) is 45.1 Å². The fourth-order valence-corrected chi connectivity index (χ4v) is 3.70. The zero-order chi connectivity index (χ0) is 15.7. The molecule has 1 aliphatic rings. The maximum Gasteiger partial charge on any atom is 0.214 e. The number of anilines is 1. The molecule has 1 aliphatic carbocycles. The van der Waals surface area contributed by atoms with E-state index in [4.69, 9.17) is 5.73 Å². The van der Waals surface area contributed by atoms with Gasteiger partial charge in [-0.25, -0.2) is 17.5 Å². The Labute approximate surface area is 126 Å². The van der Waals surface area contributed by atoms with Gasteiger partial charge in [-0.05, 0) is 50.8 Å². The minimum Gasteiger partial charge on any atom is -0.399 e. The lowest BCUT2D eigenvalue weighted by atomic mass is 9.77. The number of nitrogens with two attached hydrogens (primary N) is 1. The Morgan fingerprint density at radius 2 is 1.90 bits per heavy atom. The number of hydrogen-bond acceptors (Lipinski definition) is 3. The molecule has 0 aliphatic heterocycles. The fraction of sp³-hybridized carbons (Fsp3) is 0.600. The van der Waals surface area contributed by atoms with Gasteiger partial charge in [-0.3, -0.25) is 0 Å². The summed E-state index contributed by atoms with van der Waals surface area (Å²) in [6.07, 6.45) is 2.40. The van der Waals surface area contributed by atoms with Crippen molar-refractivity contribution < 1.29 is 12.8 Å². The van der Waals surface area contributed by atoms with Crippen LogP contribution in [0.25, 0.3) is 0 Å². The first-order valence-electron chi connectivity index (χ1n) is 7.32. The van der Waals surface area contributed by atoms with Gasteiger partial charge in [-0.2, -0.15) is 0 Å². The monoisotopic (exact) mass is 314 g/mol. The molecular weight excluding hydrogens is 291 g/mol. The SMILES string of the molecule is CC(C)S(=O)(=O)NC1CCCCC1(F)c1ccc(N)cc1. The largest absolute Gasteiger partial charge is 0.399 e. The van der Waals surface area contributed by atoms with E-state index in [2.05, 4.69) is 4.72 Å². The fourth-order valence-electron chi connectivity index (χ4n) is 2.73. The minimum atomic E-state index is -3.50. The molecule has 4 nitrogen and oxygen atoms in total. The summed E-state index contributed by atoms with van der Waals surface area (Å²) in [4.78, 5) is 0. The normalized spacial score (nSPS) is 27.0. The van der Waals surface area contributed by atoms with Crippen molar-refractivity contribution in [3.8, 4) is 0 Å². The molecule has 2 unspecified atom stereocenters. The van der Waals surface area contributed by atoms with Gasteiger partial charge >= 0.3 is 0 Å². The highest BCUT2D eigenvalue weighted by Crippen LogP contribution is 2.41. The van der Waals surface area contributed by atoms with Crippen molar-refractivity contribution in [3.05, 3.63) is 29.8 Å². The van der Waals surface area contributed by atoms with Gasteiger partial charge in [0.05, 0.1) is 11.3 Å². The number of halogens is 1. The minimum absolute atomic E-state index is 0.322. The average molecular weight is 314 g/mol. The molecule has 0 bridgehead atoms. The third-order valence-corrected chi connectivity index (χ3v) is 6.01. The first-order valence-corrected chi connectivity index (χ1v) is 8.86. The lowest BCUT2D eigenvalue weighted by molar-refractivity contribution is 0.0712. The summed E-state index contributed by atoms with van der Waals surface area (Å²) in [6, 6.07) is 5.88. The Balaban J connectivity index is 2.32. The number of hydrogen-bond donors (Lipinski definition) is 2. The van der Waals surface area contributed by atoms with Crippen molar-refractivity contribution in [2.75, 3.05) is 5.73 Å². The molecule has 0 spiro atoms. The van der Waals surface area contributed by atoms with Crippen molar-refractivity contribution in [2.45, 2.75) is 56.5 Å². The Morgan fingerprint density at radius 3 is 2.48 bits per heavy atom. The quantitative estimate of drug-likeness (QED) is 0.839. The molecule has 118 valence electrons. The molecule has 0 aromatic heterocycles. The Morgan fingerprint density at radius 1 is 1.29 bits per heavy atom. The smallest absolute Gasteiger partial charge is 0.214 e. The van der Waals surface area contributed by atoms with E-state index in [1.54, 1.807) is 38.1 Å². The van der Waals surface area contributed by atoms with Crippen molar-refractivity contribution in [1.29, 1.82) is 0 Å².